The molecule has 1 unspecified atom stereocenters. The molecule has 2 aromatic carbocycles. The van der Waals surface area contributed by atoms with Crippen molar-refractivity contribution in [1.82, 2.24) is 9.80 Å². The number of ether oxygens (including phenoxy) is 2. The van der Waals surface area contributed by atoms with E-state index >= 15 is 0 Å². The molecule has 0 fully saturated rings. The van der Waals surface area contributed by atoms with Crippen molar-refractivity contribution in [3.8, 4) is 11.5 Å². The van der Waals surface area contributed by atoms with Gasteiger partial charge in [0.05, 0.1) is 26.8 Å². The zero-order chi connectivity index (χ0) is 22.1. The van der Waals surface area contributed by atoms with Gasteiger partial charge in [0.25, 0.3) is 0 Å². The van der Waals surface area contributed by atoms with Gasteiger partial charge < -0.3 is 14.4 Å². The molecule has 0 radical (unpaired) electrons. The van der Waals surface area contributed by atoms with Crippen LogP contribution in [0.3, 0.4) is 0 Å². The molecule has 0 saturated carbocycles. The number of carbonyl (C=O) groups is 1. The van der Waals surface area contributed by atoms with Gasteiger partial charge in [-0.1, -0.05) is 30.3 Å². The lowest BCUT2D eigenvalue weighted by molar-refractivity contribution is -0.133. The maximum atomic E-state index is 13.4. The fraction of sp³-hybridized carbons (Fsp3) is 0.346. The third-order valence-corrected chi connectivity index (χ3v) is 7.61. The summed E-state index contributed by atoms with van der Waals surface area (Å²) >= 11 is 1.80. The number of thiophene rings is 1. The zero-order valence-corrected chi connectivity index (χ0v) is 19.4. The lowest BCUT2D eigenvalue weighted by atomic mass is 9.87. The Labute approximate surface area is 193 Å². The number of hydrogen-bond donors (Lipinski definition) is 0. The first kappa shape index (κ1) is 21.0. The molecule has 0 spiro atoms. The Bertz CT molecular complexity index is 1110. The molecule has 166 valence electrons. The van der Waals surface area contributed by atoms with E-state index in [2.05, 4.69) is 52.7 Å². The van der Waals surface area contributed by atoms with Crippen LogP contribution in [0.4, 0.5) is 0 Å². The fourth-order valence-electron chi connectivity index (χ4n) is 4.93. The van der Waals surface area contributed by atoms with Gasteiger partial charge in [-0.25, -0.2) is 0 Å². The summed E-state index contributed by atoms with van der Waals surface area (Å²) in [6, 6.07) is 16.8. The molecule has 0 N–H and O–H groups in total. The van der Waals surface area contributed by atoms with E-state index in [1.165, 1.54) is 27.1 Å². The minimum absolute atomic E-state index is 0.00482. The number of benzene rings is 2. The molecule has 5 rings (SSSR count). The van der Waals surface area contributed by atoms with Gasteiger partial charge >= 0.3 is 0 Å². The number of fused-ring (bicyclic) bond motifs is 2. The zero-order valence-electron chi connectivity index (χ0n) is 18.5. The van der Waals surface area contributed by atoms with E-state index < -0.39 is 0 Å². The summed E-state index contributed by atoms with van der Waals surface area (Å²) in [4.78, 5) is 19.1. The second-order valence-corrected chi connectivity index (χ2v) is 9.37. The Balaban J connectivity index is 1.45. The SMILES string of the molecule is COc1cc2c(cc1OC)C(c1ccccc1)N(CC(=O)N1CCc3sccc3C1)CC2. The van der Waals surface area contributed by atoms with Crippen molar-refractivity contribution in [2.45, 2.75) is 25.4 Å². The number of carbonyl (C=O) groups excluding carboxylic acids is 1. The van der Waals surface area contributed by atoms with Gasteiger partial charge in [-0.3, -0.25) is 9.69 Å². The van der Waals surface area contributed by atoms with Crippen LogP contribution in [0.25, 0.3) is 0 Å². The molecule has 5 nitrogen and oxygen atoms in total. The van der Waals surface area contributed by atoms with Crippen LogP contribution in [0.5, 0.6) is 11.5 Å². The van der Waals surface area contributed by atoms with Gasteiger partial charge in [-0.05, 0) is 58.7 Å². The predicted molar refractivity (Wildman–Crippen MR) is 127 cm³/mol. The molecule has 1 atom stereocenters. The van der Waals surface area contributed by atoms with E-state index in [0.29, 0.717) is 6.54 Å². The minimum atomic E-state index is 0.00482. The first-order valence-electron chi connectivity index (χ1n) is 11.0. The van der Waals surface area contributed by atoms with Crippen LogP contribution < -0.4 is 9.47 Å². The Morgan fingerprint density at radius 2 is 1.78 bits per heavy atom. The summed E-state index contributed by atoms with van der Waals surface area (Å²) in [6.45, 7) is 2.76. The highest BCUT2D eigenvalue weighted by atomic mass is 32.1. The molecule has 3 aromatic rings. The number of methoxy groups -OCH3 is 2. The first-order valence-corrected chi connectivity index (χ1v) is 11.9. The number of hydrogen-bond acceptors (Lipinski definition) is 5. The molecule has 1 amide bonds. The van der Waals surface area contributed by atoms with Crippen LogP contribution in [0.15, 0.2) is 53.9 Å². The normalized spacial score (nSPS) is 18.1. The fourth-order valence-corrected chi connectivity index (χ4v) is 5.82. The molecule has 32 heavy (non-hydrogen) atoms. The van der Waals surface area contributed by atoms with E-state index in [4.69, 9.17) is 9.47 Å². The van der Waals surface area contributed by atoms with Crippen LogP contribution in [-0.2, 0) is 24.2 Å². The van der Waals surface area contributed by atoms with E-state index in [1.807, 2.05) is 11.0 Å². The Kier molecular flexibility index (Phi) is 5.89. The van der Waals surface area contributed by atoms with Crippen LogP contribution in [-0.4, -0.2) is 49.6 Å². The molecule has 0 saturated heterocycles. The molecule has 0 aliphatic carbocycles. The van der Waals surface area contributed by atoms with Crippen LogP contribution >= 0.6 is 11.3 Å². The highest BCUT2D eigenvalue weighted by Gasteiger charge is 2.33. The Morgan fingerprint density at radius 1 is 1.00 bits per heavy atom. The van der Waals surface area contributed by atoms with Crippen LogP contribution in [0.1, 0.15) is 33.2 Å². The van der Waals surface area contributed by atoms with Gasteiger partial charge in [0, 0.05) is 24.5 Å². The smallest absolute Gasteiger partial charge is 0.237 e. The van der Waals surface area contributed by atoms with Crippen molar-refractivity contribution in [2.75, 3.05) is 33.9 Å². The molecule has 3 heterocycles. The third kappa shape index (κ3) is 3.89. The van der Waals surface area contributed by atoms with Crippen molar-refractivity contribution in [2.24, 2.45) is 0 Å². The summed E-state index contributed by atoms with van der Waals surface area (Å²) in [5, 5.41) is 2.13. The summed E-state index contributed by atoms with van der Waals surface area (Å²) < 4.78 is 11.1. The topological polar surface area (TPSA) is 42.0 Å². The molecular weight excluding hydrogens is 420 g/mol. The summed E-state index contributed by atoms with van der Waals surface area (Å²) in [5.74, 6) is 1.68. The average molecular weight is 449 g/mol. The molecule has 1 aromatic heterocycles. The van der Waals surface area contributed by atoms with Gasteiger partial charge in [-0.2, -0.15) is 0 Å². The highest BCUT2D eigenvalue weighted by Crippen LogP contribution is 2.41. The van der Waals surface area contributed by atoms with E-state index in [1.54, 1.807) is 25.6 Å². The number of nitrogens with zero attached hydrogens (tertiary/aromatic N) is 2. The average Bonchev–Trinajstić information content (AvgIpc) is 3.31. The first-order chi connectivity index (χ1) is 15.7. The predicted octanol–water partition coefficient (Wildman–Crippen LogP) is 4.30. The van der Waals surface area contributed by atoms with Crippen molar-refractivity contribution < 1.29 is 14.3 Å². The van der Waals surface area contributed by atoms with Gasteiger partial charge in [0.2, 0.25) is 5.91 Å². The van der Waals surface area contributed by atoms with Crippen molar-refractivity contribution in [1.29, 1.82) is 0 Å². The highest BCUT2D eigenvalue weighted by molar-refractivity contribution is 7.10. The van der Waals surface area contributed by atoms with Crippen LogP contribution in [0.2, 0.25) is 0 Å². The van der Waals surface area contributed by atoms with Crippen molar-refractivity contribution >= 4 is 17.2 Å². The monoisotopic (exact) mass is 448 g/mol. The number of amides is 1. The molecule has 2 aliphatic heterocycles. The summed E-state index contributed by atoms with van der Waals surface area (Å²) in [5.41, 5.74) is 4.93. The Morgan fingerprint density at radius 3 is 2.56 bits per heavy atom. The van der Waals surface area contributed by atoms with E-state index in [0.717, 1.165) is 44.0 Å². The van der Waals surface area contributed by atoms with Crippen molar-refractivity contribution in [3.05, 3.63) is 81.0 Å². The quantitative estimate of drug-likeness (QED) is 0.584. The minimum Gasteiger partial charge on any atom is -0.493 e. The van der Waals surface area contributed by atoms with Gasteiger partial charge in [0.1, 0.15) is 0 Å². The molecule has 6 heteroatoms. The summed E-state index contributed by atoms with van der Waals surface area (Å²) in [7, 11) is 3.34. The van der Waals surface area contributed by atoms with E-state index in [9.17, 15) is 4.79 Å². The van der Waals surface area contributed by atoms with E-state index in [-0.39, 0.29) is 11.9 Å². The van der Waals surface area contributed by atoms with Gasteiger partial charge in [-0.15, -0.1) is 11.3 Å². The van der Waals surface area contributed by atoms with Crippen molar-refractivity contribution in [3.63, 3.8) is 0 Å². The number of rotatable bonds is 5. The standard InChI is InChI=1S/C26H28N2O3S/c1-30-22-14-19-8-11-28(17-25(29)27-12-9-24-20(16-27)10-13-32-24)26(18-6-4-3-5-7-18)21(19)15-23(22)31-2/h3-7,10,13-15,26H,8-9,11-12,16-17H2,1-2H3. The lowest BCUT2D eigenvalue weighted by Crippen LogP contribution is -2.45. The third-order valence-electron chi connectivity index (χ3n) is 6.59. The molecule has 2 aliphatic rings. The Hall–Kier alpha value is -2.83. The molecule has 0 bridgehead atoms. The summed E-state index contributed by atoms with van der Waals surface area (Å²) in [6.07, 6.45) is 1.83. The largest absolute Gasteiger partial charge is 0.493 e. The maximum absolute atomic E-state index is 13.4. The lowest BCUT2D eigenvalue weighted by Gasteiger charge is -2.39. The maximum Gasteiger partial charge on any atom is 0.237 e. The second kappa shape index (κ2) is 8.96. The molecular formula is C26H28N2O3S. The van der Waals surface area contributed by atoms with Gasteiger partial charge in [0.15, 0.2) is 11.5 Å². The van der Waals surface area contributed by atoms with Crippen LogP contribution in [0, 0.1) is 0 Å². The second-order valence-electron chi connectivity index (χ2n) is 8.37.